The number of aromatic amines is 1. The highest BCUT2D eigenvalue weighted by Gasteiger charge is 2.27. The van der Waals surface area contributed by atoms with Gasteiger partial charge in [-0.2, -0.15) is 5.10 Å². The summed E-state index contributed by atoms with van der Waals surface area (Å²) >= 11 is 5.38. The fraction of sp³-hybridized carbons (Fsp3) is 0.636. The second-order valence-corrected chi connectivity index (χ2v) is 7.78. The Labute approximate surface area is 116 Å². The topological polar surface area (TPSA) is 72.7 Å². The van der Waals surface area contributed by atoms with Crippen molar-refractivity contribution in [2.45, 2.75) is 25.8 Å². The van der Waals surface area contributed by atoms with Crippen molar-refractivity contribution < 1.29 is 8.42 Å². The van der Waals surface area contributed by atoms with E-state index < -0.39 is 9.84 Å². The number of hydrogen-bond acceptors (Lipinski definition) is 4. The van der Waals surface area contributed by atoms with Crippen LogP contribution in [-0.2, 0) is 16.9 Å². The number of imidazole rings is 1. The quantitative estimate of drug-likeness (QED) is 0.810. The van der Waals surface area contributed by atoms with Crippen LogP contribution in [0, 0.1) is 11.7 Å². The van der Waals surface area contributed by atoms with Crippen molar-refractivity contribution in [3.8, 4) is 0 Å². The number of aromatic nitrogens is 4. The average Bonchev–Trinajstić information content (AvgIpc) is 2.79. The standard InChI is InChI=1S/C11H16N4O2S2/c1-7-9-10(14(2)13-7)15(11(18)12-9)8-3-5-19(16,17)6-4-8/h8H,3-6H2,1-2H3,(H,12,18). The first-order chi connectivity index (χ1) is 8.89. The summed E-state index contributed by atoms with van der Waals surface area (Å²) < 4.78 is 27.5. The van der Waals surface area contributed by atoms with Gasteiger partial charge in [0, 0.05) is 13.1 Å². The molecular formula is C11H16N4O2S2. The van der Waals surface area contributed by atoms with Gasteiger partial charge in [-0.25, -0.2) is 8.42 Å². The molecular weight excluding hydrogens is 284 g/mol. The first-order valence-electron chi connectivity index (χ1n) is 6.23. The number of sulfone groups is 1. The third-order valence-corrected chi connectivity index (χ3v) is 5.77. The van der Waals surface area contributed by atoms with Gasteiger partial charge in [0.2, 0.25) is 0 Å². The van der Waals surface area contributed by atoms with E-state index in [9.17, 15) is 8.42 Å². The van der Waals surface area contributed by atoms with Crippen LogP contribution in [-0.4, -0.2) is 39.3 Å². The summed E-state index contributed by atoms with van der Waals surface area (Å²) in [6.45, 7) is 1.93. The molecule has 8 heteroatoms. The lowest BCUT2D eigenvalue weighted by atomic mass is 10.1. The number of H-pyrrole nitrogens is 1. The van der Waals surface area contributed by atoms with Crippen LogP contribution in [0.1, 0.15) is 24.6 Å². The van der Waals surface area contributed by atoms with Gasteiger partial charge in [-0.1, -0.05) is 0 Å². The van der Waals surface area contributed by atoms with E-state index in [1.54, 1.807) is 4.68 Å². The summed E-state index contributed by atoms with van der Waals surface area (Å²) in [5, 5.41) is 4.38. The first kappa shape index (κ1) is 12.9. The SMILES string of the molecule is Cc1nn(C)c2c1[nH]c(=S)n2C1CCS(=O)(=O)CC1. The highest BCUT2D eigenvalue weighted by Crippen LogP contribution is 2.29. The maximum atomic E-state index is 11.5. The molecule has 6 nitrogen and oxygen atoms in total. The third kappa shape index (κ3) is 2.02. The minimum Gasteiger partial charge on any atom is -0.328 e. The number of nitrogens with one attached hydrogen (secondary N) is 1. The molecule has 0 aliphatic carbocycles. The Morgan fingerprint density at radius 1 is 1.37 bits per heavy atom. The van der Waals surface area contributed by atoms with Gasteiger partial charge in [-0.3, -0.25) is 9.25 Å². The zero-order valence-electron chi connectivity index (χ0n) is 10.9. The molecule has 2 aromatic heterocycles. The van der Waals surface area contributed by atoms with Gasteiger partial charge in [0.05, 0.1) is 17.2 Å². The van der Waals surface area contributed by atoms with E-state index in [0.29, 0.717) is 17.6 Å². The van der Waals surface area contributed by atoms with Crippen LogP contribution in [0.4, 0.5) is 0 Å². The number of aryl methyl sites for hydroxylation is 2. The largest absolute Gasteiger partial charge is 0.328 e. The summed E-state index contributed by atoms with van der Waals surface area (Å²) in [5.41, 5.74) is 2.80. The van der Waals surface area contributed by atoms with Crippen molar-refractivity contribution in [2.75, 3.05) is 11.5 Å². The molecule has 19 heavy (non-hydrogen) atoms. The average molecular weight is 300 g/mol. The Balaban J connectivity index is 2.11. The molecule has 1 aliphatic heterocycles. The molecule has 104 valence electrons. The van der Waals surface area contributed by atoms with E-state index in [-0.39, 0.29) is 17.5 Å². The van der Waals surface area contributed by atoms with Crippen LogP contribution in [0.15, 0.2) is 0 Å². The normalized spacial score (nSPS) is 20.1. The lowest BCUT2D eigenvalue weighted by Gasteiger charge is -2.23. The Kier molecular flexibility index (Phi) is 2.82. The molecule has 1 aliphatic rings. The second kappa shape index (κ2) is 4.17. The van der Waals surface area contributed by atoms with E-state index in [1.807, 2.05) is 18.5 Å². The smallest absolute Gasteiger partial charge is 0.179 e. The van der Waals surface area contributed by atoms with Gasteiger partial charge < -0.3 is 4.98 Å². The van der Waals surface area contributed by atoms with Crippen LogP contribution in [0.25, 0.3) is 11.2 Å². The van der Waals surface area contributed by atoms with Crippen LogP contribution >= 0.6 is 12.2 Å². The molecule has 0 aromatic carbocycles. The third-order valence-electron chi connectivity index (χ3n) is 3.76. The fourth-order valence-corrected chi connectivity index (χ4v) is 4.61. The summed E-state index contributed by atoms with van der Waals surface area (Å²) in [5.74, 6) is 0.478. The molecule has 0 unspecified atom stereocenters. The van der Waals surface area contributed by atoms with Crippen molar-refractivity contribution in [2.24, 2.45) is 7.05 Å². The first-order valence-corrected chi connectivity index (χ1v) is 8.46. The molecule has 1 fully saturated rings. The molecule has 2 aromatic rings. The van der Waals surface area contributed by atoms with E-state index in [1.165, 1.54) is 0 Å². The van der Waals surface area contributed by atoms with E-state index in [2.05, 4.69) is 10.1 Å². The van der Waals surface area contributed by atoms with Gasteiger partial charge in [-0.05, 0) is 32.0 Å². The van der Waals surface area contributed by atoms with Crippen LogP contribution in [0.5, 0.6) is 0 Å². The van der Waals surface area contributed by atoms with Crippen LogP contribution < -0.4 is 0 Å². The lowest BCUT2D eigenvalue weighted by molar-refractivity contribution is 0.449. The van der Waals surface area contributed by atoms with Crippen molar-refractivity contribution in [3.63, 3.8) is 0 Å². The lowest BCUT2D eigenvalue weighted by Crippen LogP contribution is -2.26. The van der Waals surface area contributed by atoms with Crippen LogP contribution in [0.3, 0.4) is 0 Å². The summed E-state index contributed by atoms with van der Waals surface area (Å²) in [7, 11) is -0.975. The minimum atomic E-state index is -2.86. The molecule has 3 heterocycles. The number of hydrogen-bond donors (Lipinski definition) is 1. The highest BCUT2D eigenvalue weighted by molar-refractivity contribution is 7.91. The Morgan fingerprint density at radius 3 is 2.63 bits per heavy atom. The summed E-state index contributed by atoms with van der Waals surface area (Å²) in [6.07, 6.45) is 1.24. The van der Waals surface area contributed by atoms with E-state index >= 15 is 0 Å². The monoisotopic (exact) mass is 300 g/mol. The zero-order chi connectivity index (χ0) is 13.8. The number of rotatable bonds is 1. The Bertz CT molecular complexity index is 783. The maximum Gasteiger partial charge on any atom is 0.179 e. The fourth-order valence-electron chi connectivity index (χ4n) is 2.81. The summed E-state index contributed by atoms with van der Waals surface area (Å²) in [6, 6.07) is 0.138. The summed E-state index contributed by atoms with van der Waals surface area (Å²) in [4.78, 5) is 3.18. The molecule has 1 N–H and O–H groups in total. The predicted molar refractivity (Wildman–Crippen MR) is 75.6 cm³/mol. The Morgan fingerprint density at radius 2 is 2.00 bits per heavy atom. The zero-order valence-corrected chi connectivity index (χ0v) is 12.5. The van der Waals surface area contributed by atoms with Crippen LogP contribution in [0.2, 0.25) is 0 Å². The molecule has 3 rings (SSSR count). The van der Waals surface area contributed by atoms with E-state index in [0.717, 1.165) is 16.9 Å². The van der Waals surface area contributed by atoms with Gasteiger partial charge in [-0.15, -0.1) is 0 Å². The van der Waals surface area contributed by atoms with Crippen molar-refractivity contribution in [1.82, 2.24) is 19.3 Å². The minimum absolute atomic E-state index is 0.138. The molecule has 0 bridgehead atoms. The van der Waals surface area contributed by atoms with Gasteiger partial charge in [0.25, 0.3) is 0 Å². The molecule has 0 saturated carbocycles. The van der Waals surface area contributed by atoms with Crippen molar-refractivity contribution in [3.05, 3.63) is 10.5 Å². The number of fused-ring (bicyclic) bond motifs is 1. The van der Waals surface area contributed by atoms with Gasteiger partial charge in [0.15, 0.2) is 10.4 Å². The maximum absolute atomic E-state index is 11.5. The second-order valence-electron chi connectivity index (χ2n) is 5.09. The Hall–Kier alpha value is -1.15. The molecule has 0 spiro atoms. The molecule has 0 atom stereocenters. The molecule has 0 amide bonds. The predicted octanol–water partition coefficient (Wildman–Crippen LogP) is 1.49. The van der Waals surface area contributed by atoms with Crippen molar-refractivity contribution >= 4 is 33.2 Å². The number of nitrogens with zero attached hydrogens (tertiary/aromatic N) is 3. The van der Waals surface area contributed by atoms with Gasteiger partial charge in [0.1, 0.15) is 15.4 Å². The van der Waals surface area contributed by atoms with Gasteiger partial charge >= 0.3 is 0 Å². The highest BCUT2D eigenvalue weighted by atomic mass is 32.2. The molecule has 0 radical (unpaired) electrons. The molecule has 1 saturated heterocycles. The van der Waals surface area contributed by atoms with Crippen molar-refractivity contribution in [1.29, 1.82) is 0 Å². The van der Waals surface area contributed by atoms with E-state index in [4.69, 9.17) is 12.2 Å².